The minimum absolute atomic E-state index is 0.172. The van der Waals surface area contributed by atoms with E-state index < -0.39 is 41.3 Å². The Labute approximate surface area is 90.9 Å². The number of hydrogen-bond donors (Lipinski definition) is 1. The molecule has 0 unspecified atom stereocenters. The number of nitrogens with zero attached hydrogens (tertiary/aromatic N) is 1. The molecule has 7 nitrogen and oxygen atoms in total. The van der Waals surface area contributed by atoms with Crippen LogP contribution in [-0.4, -0.2) is 33.6 Å². The van der Waals surface area contributed by atoms with Gasteiger partial charge in [0.2, 0.25) is 0 Å². The first-order chi connectivity index (χ1) is 6.86. The molecule has 0 amide bonds. The van der Waals surface area contributed by atoms with Crippen LogP contribution in [0.2, 0.25) is 0 Å². The molecule has 0 spiro atoms. The van der Waals surface area contributed by atoms with Crippen LogP contribution in [0, 0.1) is 10.1 Å². The van der Waals surface area contributed by atoms with Gasteiger partial charge in [-0.05, 0) is 0 Å². The molecule has 1 aromatic rings. The van der Waals surface area contributed by atoms with Crippen molar-refractivity contribution in [1.29, 1.82) is 0 Å². The van der Waals surface area contributed by atoms with Crippen LogP contribution in [0.25, 0.3) is 0 Å². The van der Waals surface area contributed by atoms with Crippen molar-refractivity contribution < 1.29 is 21.6 Å². The first-order valence-electron chi connectivity index (χ1n) is 3.45. The SMILES string of the molecule is O=[As]c1ccc(S(=O)(=O)O)c([N+](=O)[O-])c1. The van der Waals surface area contributed by atoms with Crippen LogP contribution < -0.4 is 4.35 Å². The molecule has 0 saturated carbocycles. The molecule has 1 aromatic carbocycles. The third-order valence-electron chi connectivity index (χ3n) is 1.52. The van der Waals surface area contributed by atoms with E-state index >= 15 is 0 Å². The predicted molar refractivity (Wildman–Crippen MR) is 49.0 cm³/mol. The molecule has 0 aromatic heterocycles. The summed E-state index contributed by atoms with van der Waals surface area (Å²) >= 11 is -1.48. The van der Waals surface area contributed by atoms with E-state index in [1.54, 1.807) is 0 Å². The third kappa shape index (κ3) is 2.68. The molecule has 15 heavy (non-hydrogen) atoms. The third-order valence-corrected chi connectivity index (χ3v) is 3.45. The molecule has 0 aliphatic rings. The predicted octanol–water partition coefficient (Wildman–Crippen LogP) is -0.483. The van der Waals surface area contributed by atoms with E-state index in [4.69, 9.17) is 4.55 Å². The van der Waals surface area contributed by atoms with Gasteiger partial charge < -0.3 is 0 Å². The van der Waals surface area contributed by atoms with Gasteiger partial charge in [0.15, 0.2) is 0 Å². The van der Waals surface area contributed by atoms with Gasteiger partial charge in [0.1, 0.15) is 0 Å². The minimum atomic E-state index is -4.64. The van der Waals surface area contributed by atoms with E-state index in [-0.39, 0.29) is 4.35 Å². The van der Waals surface area contributed by atoms with Crippen LogP contribution in [0.15, 0.2) is 23.1 Å². The Morgan fingerprint density at radius 3 is 2.40 bits per heavy atom. The van der Waals surface area contributed by atoms with E-state index in [9.17, 15) is 22.3 Å². The molecule has 0 heterocycles. The molecule has 0 saturated heterocycles. The fourth-order valence-corrected chi connectivity index (χ4v) is 2.21. The molecule has 0 aliphatic heterocycles. The summed E-state index contributed by atoms with van der Waals surface area (Å²) in [7, 11) is -4.64. The Hall–Kier alpha value is -1.11. The molecule has 0 bridgehead atoms. The van der Waals surface area contributed by atoms with Crippen molar-refractivity contribution in [1.82, 2.24) is 0 Å². The van der Waals surface area contributed by atoms with Crippen molar-refractivity contribution >= 4 is 35.8 Å². The zero-order valence-electron chi connectivity index (χ0n) is 7.02. The summed E-state index contributed by atoms with van der Waals surface area (Å²) in [6.45, 7) is 0. The van der Waals surface area contributed by atoms with E-state index in [0.717, 1.165) is 18.2 Å². The molecule has 0 aliphatic carbocycles. The van der Waals surface area contributed by atoms with Crippen molar-refractivity contribution in [3.05, 3.63) is 28.3 Å². The Balaban J connectivity index is 3.54. The average Bonchev–Trinajstić information content (AvgIpc) is 2.15. The molecule has 1 N–H and O–H groups in total. The van der Waals surface area contributed by atoms with Gasteiger partial charge in [0.05, 0.1) is 0 Å². The van der Waals surface area contributed by atoms with Crippen LogP contribution in [0.1, 0.15) is 0 Å². The summed E-state index contributed by atoms with van der Waals surface area (Å²) in [6, 6.07) is 2.88. The maximum absolute atomic E-state index is 10.7. The zero-order valence-corrected chi connectivity index (χ0v) is 9.72. The number of benzene rings is 1. The van der Waals surface area contributed by atoms with Gasteiger partial charge >= 0.3 is 90.7 Å². The Kier molecular flexibility index (Phi) is 3.33. The van der Waals surface area contributed by atoms with Crippen molar-refractivity contribution in [2.75, 3.05) is 0 Å². The fourth-order valence-electron chi connectivity index (χ4n) is 0.923. The van der Waals surface area contributed by atoms with Crippen molar-refractivity contribution in [3.63, 3.8) is 0 Å². The van der Waals surface area contributed by atoms with Crippen molar-refractivity contribution in [2.24, 2.45) is 0 Å². The summed E-state index contributed by atoms with van der Waals surface area (Å²) < 4.78 is 40.9. The summed E-state index contributed by atoms with van der Waals surface area (Å²) in [6.07, 6.45) is 0. The number of hydrogen-bond acceptors (Lipinski definition) is 5. The normalized spacial score (nSPS) is 11.5. The van der Waals surface area contributed by atoms with Crippen LogP contribution in [0.5, 0.6) is 0 Å². The second-order valence-electron chi connectivity index (χ2n) is 2.48. The Morgan fingerprint density at radius 1 is 1.40 bits per heavy atom. The molecular weight excluding hydrogens is 289 g/mol. The summed E-state index contributed by atoms with van der Waals surface area (Å²) in [5.74, 6) is 0. The monoisotopic (exact) mass is 293 g/mol. The topological polar surface area (TPSA) is 115 Å². The van der Waals surface area contributed by atoms with E-state index in [2.05, 4.69) is 0 Å². The van der Waals surface area contributed by atoms with E-state index in [0.29, 0.717) is 0 Å². The van der Waals surface area contributed by atoms with Crippen LogP contribution in [0.3, 0.4) is 0 Å². The first-order valence-corrected chi connectivity index (χ1v) is 6.60. The fraction of sp³-hybridized carbons (Fsp3) is 0. The van der Waals surface area contributed by atoms with Gasteiger partial charge in [0, 0.05) is 0 Å². The average molecular weight is 293 g/mol. The summed E-state index contributed by atoms with van der Waals surface area (Å²) in [5, 5.41) is 10.5. The zero-order chi connectivity index (χ0) is 11.6. The number of nitro benzene ring substituents is 1. The van der Waals surface area contributed by atoms with Crippen LogP contribution >= 0.6 is 0 Å². The van der Waals surface area contributed by atoms with Gasteiger partial charge in [-0.1, -0.05) is 0 Å². The van der Waals surface area contributed by atoms with Gasteiger partial charge in [-0.3, -0.25) is 0 Å². The Bertz CT molecular complexity index is 524. The molecule has 9 heteroatoms. The molecular formula is C6H4AsNO6S. The summed E-state index contributed by atoms with van der Waals surface area (Å²) in [4.78, 5) is 8.72. The number of rotatable bonds is 3. The number of nitro groups is 1. The van der Waals surface area contributed by atoms with Gasteiger partial charge in [0.25, 0.3) is 0 Å². The van der Waals surface area contributed by atoms with Crippen LogP contribution in [-0.2, 0) is 13.9 Å². The molecule has 80 valence electrons. The van der Waals surface area contributed by atoms with E-state index in [1.807, 2.05) is 0 Å². The van der Waals surface area contributed by atoms with Crippen molar-refractivity contribution in [2.45, 2.75) is 4.90 Å². The standard InChI is InChI=1S/C6H4AsNO6S/c9-7-4-1-2-6(15(12,13)14)5(3-4)8(10)11/h1-3H,(H,12,13,14). The molecule has 0 atom stereocenters. The molecule has 0 fully saturated rings. The maximum atomic E-state index is 10.7. The summed E-state index contributed by atoms with van der Waals surface area (Å²) in [5.41, 5.74) is -0.777. The van der Waals surface area contributed by atoms with Gasteiger partial charge in [-0.15, -0.1) is 0 Å². The second kappa shape index (κ2) is 4.17. The first kappa shape index (κ1) is 12.0. The van der Waals surface area contributed by atoms with Gasteiger partial charge in [-0.2, -0.15) is 0 Å². The molecule has 0 radical (unpaired) electrons. The molecule has 1 rings (SSSR count). The van der Waals surface area contributed by atoms with Crippen molar-refractivity contribution in [3.8, 4) is 0 Å². The van der Waals surface area contributed by atoms with Crippen LogP contribution in [0.4, 0.5) is 5.69 Å². The quantitative estimate of drug-likeness (QED) is 0.348. The Morgan fingerprint density at radius 2 is 2.00 bits per heavy atom. The van der Waals surface area contributed by atoms with E-state index in [1.165, 1.54) is 0 Å². The second-order valence-corrected chi connectivity index (χ2v) is 5.33. The van der Waals surface area contributed by atoms with Gasteiger partial charge in [-0.25, -0.2) is 0 Å².